The molecule has 0 aromatic heterocycles. The summed E-state index contributed by atoms with van der Waals surface area (Å²) in [6.07, 6.45) is -4.82. The lowest BCUT2D eigenvalue weighted by Crippen LogP contribution is -2.50. The average Bonchev–Trinajstić information content (AvgIpc) is 2.48. The number of alkyl halides is 3. The van der Waals surface area contributed by atoms with Gasteiger partial charge in [-0.3, -0.25) is 14.5 Å². The highest BCUT2D eigenvalue weighted by Crippen LogP contribution is 2.34. The lowest BCUT2D eigenvalue weighted by molar-refractivity contribution is -0.158. The van der Waals surface area contributed by atoms with E-state index in [2.05, 4.69) is 5.32 Å². The zero-order valence-electron chi connectivity index (χ0n) is 12.5. The Kier molecular flexibility index (Phi) is 5.25. The fourth-order valence-electron chi connectivity index (χ4n) is 2.47. The monoisotopic (exact) mass is 330 g/mol. The highest BCUT2D eigenvalue weighted by molar-refractivity contribution is 5.95. The predicted octanol–water partition coefficient (Wildman–Crippen LogP) is 2.28. The van der Waals surface area contributed by atoms with E-state index in [0.29, 0.717) is 13.1 Å². The van der Waals surface area contributed by atoms with Gasteiger partial charge in [0, 0.05) is 6.54 Å². The minimum Gasteiger partial charge on any atom is -0.463 e. The summed E-state index contributed by atoms with van der Waals surface area (Å²) in [6.45, 7) is 3.13. The van der Waals surface area contributed by atoms with Crippen molar-refractivity contribution < 1.29 is 27.5 Å². The van der Waals surface area contributed by atoms with Crippen LogP contribution in [0.3, 0.4) is 0 Å². The third-order valence-corrected chi connectivity index (χ3v) is 3.63. The van der Waals surface area contributed by atoms with Crippen LogP contribution in [0.5, 0.6) is 0 Å². The van der Waals surface area contributed by atoms with Gasteiger partial charge < -0.3 is 10.1 Å². The molecule has 8 heteroatoms. The number of esters is 1. The van der Waals surface area contributed by atoms with E-state index in [1.807, 2.05) is 6.92 Å². The number of ether oxygens (including phenoxy) is 1. The molecule has 23 heavy (non-hydrogen) atoms. The first-order valence-electron chi connectivity index (χ1n) is 7.19. The molecular formula is C15H17F3N2O3. The normalized spacial score (nSPS) is 19.3. The van der Waals surface area contributed by atoms with Crippen LogP contribution in [-0.4, -0.2) is 42.5 Å². The topological polar surface area (TPSA) is 58.6 Å². The van der Waals surface area contributed by atoms with Crippen molar-refractivity contribution in [2.45, 2.75) is 25.6 Å². The van der Waals surface area contributed by atoms with Crippen molar-refractivity contribution in [1.82, 2.24) is 4.90 Å². The van der Waals surface area contributed by atoms with Crippen LogP contribution < -0.4 is 5.32 Å². The van der Waals surface area contributed by atoms with Gasteiger partial charge in [-0.2, -0.15) is 13.2 Å². The Balaban J connectivity index is 2.09. The van der Waals surface area contributed by atoms with E-state index in [1.54, 1.807) is 4.90 Å². The van der Waals surface area contributed by atoms with Crippen molar-refractivity contribution in [2.24, 2.45) is 0 Å². The van der Waals surface area contributed by atoms with Gasteiger partial charge in [0.1, 0.15) is 12.6 Å². The summed E-state index contributed by atoms with van der Waals surface area (Å²) in [4.78, 5) is 25.6. The number of likely N-dealkylation sites (N-methyl/N-ethyl adjacent to an activating group) is 1. The maximum atomic E-state index is 12.9. The summed E-state index contributed by atoms with van der Waals surface area (Å²) in [5.74, 6) is -1.19. The molecule has 1 saturated heterocycles. The molecule has 1 aromatic rings. The lowest BCUT2D eigenvalue weighted by Gasteiger charge is -2.32. The van der Waals surface area contributed by atoms with Crippen molar-refractivity contribution in [2.75, 3.05) is 25.0 Å². The second-order valence-corrected chi connectivity index (χ2v) is 5.11. The van der Waals surface area contributed by atoms with Crippen LogP contribution in [0.2, 0.25) is 0 Å². The number of benzene rings is 1. The zero-order chi connectivity index (χ0) is 17.0. The molecule has 0 saturated carbocycles. The Morgan fingerprint density at radius 1 is 1.39 bits per heavy atom. The van der Waals surface area contributed by atoms with E-state index in [9.17, 15) is 22.8 Å². The molecule has 0 radical (unpaired) electrons. The van der Waals surface area contributed by atoms with Gasteiger partial charge in [0.2, 0.25) is 5.91 Å². The fraction of sp³-hybridized carbons (Fsp3) is 0.467. The molecule has 1 heterocycles. The van der Waals surface area contributed by atoms with Gasteiger partial charge in [0.15, 0.2) is 0 Å². The van der Waals surface area contributed by atoms with E-state index in [0.717, 1.165) is 6.07 Å². The summed E-state index contributed by atoms with van der Waals surface area (Å²) in [6, 6.07) is 3.94. The van der Waals surface area contributed by atoms with Gasteiger partial charge in [-0.25, -0.2) is 0 Å². The Labute approximate surface area is 131 Å². The maximum absolute atomic E-state index is 12.9. The molecule has 0 unspecified atom stereocenters. The molecule has 2 rings (SSSR count). The van der Waals surface area contributed by atoms with Crippen molar-refractivity contribution in [3.05, 3.63) is 29.8 Å². The minimum atomic E-state index is -4.57. The van der Waals surface area contributed by atoms with Crippen LogP contribution in [0.25, 0.3) is 0 Å². The molecule has 1 aliphatic heterocycles. The van der Waals surface area contributed by atoms with Crippen molar-refractivity contribution in [3.63, 3.8) is 0 Å². The van der Waals surface area contributed by atoms with Crippen LogP contribution in [0.1, 0.15) is 18.9 Å². The van der Waals surface area contributed by atoms with E-state index in [1.165, 1.54) is 18.2 Å². The van der Waals surface area contributed by atoms with E-state index in [4.69, 9.17) is 4.74 Å². The summed E-state index contributed by atoms with van der Waals surface area (Å²) < 4.78 is 43.6. The molecular weight excluding hydrogens is 313 g/mol. The van der Waals surface area contributed by atoms with Crippen molar-refractivity contribution >= 4 is 17.6 Å². The maximum Gasteiger partial charge on any atom is 0.418 e. The lowest BCUT2D eigenvalue weighted by atomic mass is 10.1. The predicted molar refractivity (Wildman–Crippen MR) is 76.7 cm³/mol. The number of amides is 1. The first kappa shape index (κ1) is 17.3. The number of hydrogen-bond acceptors (Lipinski definition) is 4. The van der Waals surface area contributed by atoms with Gasteiger partial charge >= 0.3 is 12.1 Å². The van der Waals surface area contributed by atoms with E-state index < -0.39 is 29.7 Å². The largest absolute Gasteiger partial charge is 0.463 e. The second-order valence-electron chi connectivity index (χ2n) is 5.11. The summed E-state index contributed by atoms with van der Waals surface area (Å²) in [5.41, 5.74) is -1.25. The quantitative estimate of drug-likeness (QED) is 0.861. The second kappa shape index (κ2) is 6.99. The highest BCUT2D eigenvalue weighted by atomic mass is 19.4. The Bertz CT molecular complexity index is 590. The molecule has 0 bridgehead atoms. The number of hydrogen-bond donors (Lipinski definition) is 1. The zero-order valence-corrected chi connectivity index (χ0v) is 12.5. The first-order valence-corrected chi connectivity index (χ1v) is 7.19. The standard InChI is InChI=1S/C15H17F3N2O3/c1-2-20-7-8-23-14(22)12(20)9-13(21)19-11-6-4-3-5-10(11)15(16,17)18/h3-6,12H,2,7-9H2,1H3,(H,19,21)/t12-/m1/s1. The van der Waals surface area contributed by atoms with Crippen LogP contribution in [0.15, 0.2) is 24.3 Å². The highest BCUT2D eigenvalue weighted by Gasteiger charge is 2.35. The Morgan fingerprint density at radius 2 is 2.09 bits per heavy atom. The first-order chi connectivity index (χ1) is 10.8. The van der Waals surface area contributed by atoms with Crippen molar-refractivity contribution in [3.8, 4) is 0 Å². The molecule has 1 atom stereocenters. The summed E-state index contributed by atoms with van der Waals surface area (Å²) in [7, 11) is 0. The van der Waals surface area contributed by atoms with Gasteiger partial charge in [-0.05, 0) is 18.7 Å². The van der Waals surface area contributed by atoms with Crippen LogP contribution >= 0.6 is 0 Å². The van der Waals surface area contributed by atoms with Gasteiger partial charge in [0.25, 0.3) is 0 Å². The van der Waals surface area contributed by atoms with Crippen LogP contribution in [0.4, 0.5) is 18.9 Å². The SMILES string of the molecule is CCN1CCOC(=O)[C@H]1CC(=O)Nc1ccccc1C(F)(F)F. The molecule has 1 amide bonds. The number of morpholine rings is 1. The summed E-state index contributed by atoms with van der Waals surface area (Å²) >= 11 is 0. The third-order valence-electron chi connectivity index (χ3n) is 3.63. The van der Waals surface area contributed by atoms with Gasteiger partial charge in [-0.15, -0.1) is 0 Å². The average molecular weight is 330 g/mol. The number of carbonyl (C=O) groups excluding carboxylic acids is 2. The molecule has 0 aliphatic carbocycles. The number of cyclic esters (lactones) is 1. The molecule has 1 fully saturated rings. The number of nitrogens with one attached hydrogen (secondary N) is 1. The third kappa shape index (κ3) is 4.22. The molecule has 126 valence electrons. The Hall–Kier alpha value is -2.09. The van der Waals surface area contributed by atoms with Crippen LogP contribution in [0, 0.1) is 0 Å². The number of para-hydroxylation sites is 1. The minimum absolute atomic E-state index is 0.251. The Morgan fingerprint density at radius 3 is 2.74 bits per heavy atom. The molecule has 1 aliphatic rings. The van der Waals surface area contributed by atoms with Crippen molar-refractivity contribution in [1.29, 1.82) is 0 Å². The van der Waals surface area contributed by atoms with E-state index >= 15 is 0 Å². The number of carbonyl (C=O) groups is 2. The van der Waals surface area contributed by atoms with Gasteiger partial charge in [-0.1, -0.05) is 19.1 Å². The van der Waals surface area contributed by atoms with E-state index in [-0.39, 0.29) is 18.7 Å². The smallest absolute Gasteiger partial charge is 0.418 e. The number of anilines is 1. The number of halogens is 3. The van der Waals surface area contributed by atoms with Gasteiger partial charge in [0.05, 0.1) is 17.7 Å². The van der Waals surface area contributed by atoms with Crippen LogP contribution in [-0.2, 0) is 20.5 Å². The molecule has 0 spiro atoms. The number of rotatable bonds is 4. The summed E-state index contributed by atoms with van der Waals surface area (Å²) in [5, 5.41) is 2.24. The number of nitrogens with zero attached hydrogens (tertiary/aromatic N) is 1. The molecule has 5 nitrogen and oxygen atoms in total. The molecule has 1 aromatic carbocycles. The molecule has 1 N–H and O–H groups in total. The fourth-order valence-corrected chi connectivity index (χ4v) is 2.47.